The van der Waals surface area contributed by atoms with Gasteiger partial charge in [0.15, 0.2) is 0 Å². The van der Waals surface area contributed by atoms with Crippen LogP contribution < -0.4 is 10.6 Å². The lowest BCUT2D eigenvalue weighted by atomic mass is 9.80. The molecule has 0 spiro atoms. The molecule has 1 saturated carbocycles. The molecular formula is C22H27N3O6. The molecule has 2 amide bonds. The summed E-state index contributed by atoms with van der Waals surface area (Å²) >= 11 is 0. The Kier molecular flexibility index (Phi) is 5.75. The smallest absolute Gasteiger partial charge is 0.303 e. The molecule has 31 heavy (non-hydrogen) atoms. The topological polar surface area (TPSA) is 141 Å². The first-order valence-electron chi connectivity index (χ1n) is 10.7. The number of benzene rings is 1. The normalized spacial score (nSPS) is 24.2. The molecule has 2 heterocycles. The summed E-state index contributed by atoms with van der Waals surface area (Å²) in [4.78, 5) is 34.5. The molecule has 2 aromatic rings. The summed E-state index contributed by atoms with van der Waals surface area (Å²) in [5.41, 5.74) is 0.788. The molecule has 1 aromatic heterocycles. The molecule has 9 heteroatoms. The maximum atomic E-state index is 12.2. The number of aromatic nitrogens is 1. The number of carboxylic acid groups (broad SMARTS) is 1. The highest BCUT2D eigenvalue weighted by Gasteiger charge is 2.32. The standard InChI is InChI=1S/C22H27N3O6/c26-18-8-7-17(20(29)24-18)25-21(30)15-6-5-14(10-16(15)22(25)31)23-11-13-3-1-12(2-4-13)9-19(27)28/h5-6,10,12-13,17,23,30-31H,1-4,7-9,11H2,(H,27,28)(H,24,26,29). The zero-order valence-electron chi connectivity index (χ0n) is 17.1. The van der Waals surface area contributed by atoms with E-state index in [0.29, 0.717) is 16.7 Å². The zero-order chi connectivity index (χ0) is 22.1. The summed E-state index contributed by atoms with van der Waals surface area (Å²) in [6.45, 7) is 0.742. The SMILES string of the molecule is O=C(O)CC1CCC(CNc2ccc3c(O)n(C4CCC(=O)NC4=O)c(O)c3c2)CC1. The van der Waals surface area contributed by atoms with Crippen LogP contribution in [0.5, 0.6) is 11.8 Å². The van der Waals surface area contributed by atoms with Crippen molar-refractivity contribution in [2.24, 2.45) is 11.8 Å². The van der Waals surface area contributed by atoms with Gasteiger partial charge in [0.05, 0.1) is 0 Å². The van der Waals surface area contributed by atoms with Gasteiger partial charge in [0.1, 0.15) is 6.04 Å². The molecule has 0 radical (unpaired) electrons. The monoisotopic (exact) mass is 429 g/mol. The van der Waals surface area contributed by atoms with Crippen LogP contribution in [0.15, 0.2) is 18.2 Å². The number of hydrogen-bond acceptors (Lipinski definition) is 6. The average Bonchev–Trinajstić information content (AvgIpc) is 2.97. The summed E-state index contributed by atoms with van der Waals surface area (Å²) in [6, 6.07) is 4.40. The summed E-state index contributed by atoms with van der Waals surface area (Å²) in [5.74, 6) is -1.33. The summed E-state index contributed by atoms with van der Waals surface area (Å²) in [6.07, 6.45) is 4.38. The fourth-order valence-electron chi connectivity index (χ4n) is 4.77. The minimum Gasteiger partial charge on any atom is -0.494 e. The van der Waals surface area contributed by atoms with Crippen LogP contribution in [0.3, 0.4) is 0 Å². The summed E-state index contributed by atoms with van der Waals surface area (Å²) in [7, 11) is 0. The van der Waals surface area contributed by atoms with Crippen molar-refractivity contribution < 1.29 is 29.7 Å². The van der Waals surface area contributed by atoms with Crippen molar-refractivity contribution in [1.29, 1.82) is 0 Å². The van der Waals surface area contributed by atoms with Gasteiger partial charge in [-0.1, -0.05) is 0 Å². The highest BCUT2D eigenvalue weighted by atomic mass is 16.4. The van der Waals surface area contributed by atoms with Crippen LogP contribution in [0.2, 0.25) is 0 Å². The fraction of sp³-hybridized carbons (Fsp3) is 0.500. The number of carboxylic acids is 1. The van der Waals surface area contributed by atoms with E-state index in [9.17, 15) is 24.6 Å². The van der Waals surface area contributed by atoms with E-state index in [1.54, 1.807) is 12.1 Å². The minimum atomic E-state index is -0.845. The van der Waals surface area contributed by atoms with E-state index in [4.69, 9.17) is 5.11 Å². The molecule has 1 atom stereocenters. The predicted molar refractivity (Wildman–Crippen MR) is 113 cm³/mol. The van der Waals surface area contributed by atoms with Crippen molar-refractivity contribution in [3.63, 3.8) is 0 Å². The van der Waals surface area contributed by atoms with Crippen molar-refractivity contribution in [2.45, 2.75) is 51.0 Å². The molecular weight excluding hydrogens is 402 g/mol. The van der Waals surface area contributed by atoms with E-state index >= 15 is 0 Å². The Morgan fingerprint density at radius 1 is 1.03 bits per heavy atom. The van der Waals surface area contributed by atoms with Crippen molar-refractivity contribution >= 4 is 34.2 Å². The van der Waals surface area contributed by atoms with Gasteiger partial charge >= 0.3 is 5.97 Å². The second-order valence-electron chi connectivity index (χ2n) is 8.61. The Bertz CT molecular complexity index is 1020. The van der Waals surface area contributed by atoms with Gasteiger partial charge in [-0.05, 0) is 62.1 Å². The van der Waals surface area contributed by atoms with Crippen LogP contribution in [0.1, 0.15) is 51.0 Å². The van der Waals surface area contributed by atoms with Crippen LogP contribution in [0.4, 0.5) is 5.69 Å². The molecule has 1 saturated heterocycles. The first-order chi connectivity index (χ1) is 14.8. The van der Waals surface area contributed by atoms with Gasteiger partial charge < -0.3 is 20.6 Å². The number of rotatable bonds is 6. The Labute approximate surface area is 179 Å². The number of nitrogens with zero attached hydrogens (tertiary/aromatic N) is 1. The van der Waals surface area contributed by atoms with Gasteiger partial charge in [0, 0.05) is 35.8 Å². The molecule has 5 N–H and O–H groups in total. The second kappa shape index (κ2) is 8.49. The number of carbonyl (C=O) groups excluding carboxylic acids is 2. The van der Waals surface area contributed by atoms with Gasteiger partial charge in [-0.2, -0.15) is 0 Å². The van der Waals surface area contributed by atoms with Crippen molar-refractivity contribution in [3.8, 4) is 11.8 Å². The zero-order valence-corrected chi connectivity index (χ0v) is 17.1. The van der Waals surface area contributed by atoms with Crippen molar-refractivity contribution in [3.05, 3.63) is 18.2 Å². The summed E-state index contributed by atoms with van der Waals surface area (Å²) in [5, 5.41) is 36.7. The number of amides is 2. The number of carbonyl (C=O) groups is 3. The maximum Gasteiger partial charge on any atom is 0.303 e. The van der Waals surface area contributed by atoms with Crippen LogP contribution in [-0.2, 0) is 14.4 Å². The summed E-state index contributed by atoms with van der Waals surface area (Å²) < 4.78 is 1.18. The van der Waals surface area contributed by atoms with Crippen LogP contribution in [0.25, 0.3) is 10.8 Å². The number of aromatic hydroxyl groups is 2. The molecule has 1 aromatic carbocycles. The lowest BCUT2D eigenvalue weighted by molar-refractivity contribution is -0.138. The molecule has 2 fully saturated rings. The molecule has 1 unspecified atom stereocenters. The van der Waals surface area contributed by atoms with Crippen LogP contribution in [-0.4, -0.2) is 44.2 Å². The van der Waals surface area contributed by atoms with E-state index in [1.165, 1.54) is 4.57 Å². The molecule has 1 aliphatic carbocycles. The van der Waals surface area contributed by atoms with Gasteiger partial charge in [-0.3, -0.25) is 24.3 Å². The molecule has 9 nitrogen and oxygen atoms in total. The fourth-order valence-corrected chi connectivity index (χ4v) is 4.77. The Balaban J connectivity index is 1.45. The second-order valence-corrected chi connectivity index (χ2v) is 8.61. The van der Waals surface area contributed by atoms with Gasteiger partial charge in [0.25, 0.3) is 0 Å². The third kappa shape index (κ3) is 4.30. The number of anilines is 1. The molecule has 166 valence electrons. The first-order valence-corrected chi connectivity index (χ1v) is 10.7. The molecule has 1 aliphatic heterocycles. The Morgan fingerprint density at radius 2 is 1.71 bits per heavy atom. The lowest BCUT2D eigenvalue weighted by Crippen LogP contribution is -2.41. The number of nitrogens with one attached hydrogen (secondary N) is 2. The highest BCUT2D eigenvalue weighted by Crippen LogP contribution is 2.41. The van der Waals surface area contributed by atoms with Gasteiger partial charge in [-0.15, -0.1) is 0 Å². The van der Waals surface area contributed by atoms with E-state index in [-0.39, 0.29) is 42.8 Å². The third-order valence-electron chi connectivity index (χ3n) is 6.50. The van der Waals surface area contributed by atoms with Gasteiger partial charge in [0.2, 0.25) is 23.6 Å². The maximum absolute atomic E-state index is 12.2. The number of aliphatic carboxylic acids is 1. The highest BCUT2D eigenvalue weighted by molar-refractivity contribution is 6.01. The van der Waals surface area contributed by atoms with Crippen molar-refractivity contribution in [1.82, 2.24) is 9.88 Å². The van der Waals surface area contributed by atoms with E-state index < -0.39 is 17.9 Å². The number of piperidine rings is 1. The molecule has 2 aliphatic rings. The van der Waals surface area contributed by atoms with E-state index in [0.717, 1.165) is 37.9 Å². The number of imide groups is 1. The van der Waals surface area contributed by atoms with E-state index in [2.05, 4.69) is 10.6 Å². The van der Waals surface area contributed by atoms with Crippen molar-refractivity contribution in [2.75, 3.05) is 11.9 Å². The lowest BCUT2D eigenvalue weighted by Gasteiger charge is -2.28. The van der Waals surface area contributed by atoms with Gasteiger partial charge in [-0.25, -0.2) is 0 Å². The minimum absolute atomic E-state index is 0.144. The van der Waals surface area contributed by atoms with Crippen LogP contribution in [0, 0.1) is 11.8 Å². The van der Waals surface area contributed by atoms with E-state index in [1.807, 2.05) is 6.07 Å². The number of hydrogen-bond donors (Lipinski definition) is 5. The molecule has 4 rings (SSSR count). The first kappa shape index (κ1) is 21.0. The quantitative estimate of drug-likeness (QED) is 0.445. The predicted octanol–water partition coefficient (Wildman–Crippen LogP) is 2.72. The third-order valence-corrected chi connectivity index (χ3v) is 6.50. The molecule has 0 bridgehead atoms. The largest absolute Gasteiger partial charge is 0.494 e. The average molecular weight is 429 g/mol. The number of fused-ring (bicyclic) bond motifs is 1. The van der Waals surface area contributed by atoms with Crippen LogP contribution >= 0.6 is 0 Å². The Morgan fingerprint density at radius 3 is 2.39 bits per heavy atom. The Hall–Kier alpha value is -3.23.